The number of hydrogen-bond donors (Lipinski definition) is 1. The van der Waals surface area contributed by atoms with E-state index in [1.807, 2.05) is 47.7 Å². The average Bonchev–Trinajstić information content (AvgIpc) is 3.26. The quantitative estimate of drug-likeness (QED) is 0.892. The van der Waals surface area contributed by atoms with Crippen molar-refractivity contribution >= 4 is 11.8 Å². The average molecular weight is 355 g/mol. The van der Waals surface area contributed by atoms with Crippen LogP contribution in [0.3, 0.4) is 0 Å². The van der Waals surface area contributed by atoms with Crippen LogP contribution in [0.2, 0.25) is 0 Å². The summed E-state index contributed by atoms with van der Waals surface area (Å²) in [4.78, 5) is 30.6. The van der Waals surface area contributed by atoms with Crippen LogP contribution >= 0.6 is 0 Å². The highest BCUT2D eigenvalue weighted by Crippen LogP contribution is 2.32. The first-order chi connectivity index (χ1) is 12.5. The van der Waals surface area contributed by atoms with E-state index >= 15 is 0 Å². The predicted molar refractivity (Wildman–Crippen MR) is 97.4 cm³/mol. The summed E-state index contributed by atoms with van der Waals surface area (Å²) < 4.78 is 1.84. The van der Waals surface area contributed by atoms with Gasteiger partial charge in [0.1, 0.15) is 0 Å². The number of nitrogens with one attached hydrogen (secondary N) is 1. The van der Waals surface area contributed by atoms with E-state index in [1.165, 1.54) is 6.92 Å². The minimum Gasteiger partial charge on any atom is -0.351 e. The fourth-order valence-electron chi connectivity index (χ4n) is 3.40. The zero-order valence-electron chi connectivity index (χ0n) is 15.5. The second-order valence-corrected chi connectivity index (χ2v) is 6.61. The number of hydrogen-bond acceptors (Lipinski definition) is 4. The molecule has 0 aliphatic carbocycles. The first kappa shape index (κ1) is 18.1. The number of carbonyl (C=O) groups excluding carboxylic acids is 2. The van der Waals surface area contributed by atoms with Crippen molar-refractivity contribution in [2.75, 3.05) is 6.54 Å². The van der Waals surface area contributed by atoms with Crippen LogP contribution in [0.5, 0.6) is 0 Å². The molecule has 7 nitrogen and oxygen atoms in total. The number of likely N-dealkylation sites (tertiary alicyclic amines) is 1. The SMILES string of the molecule is CCn1nc(C(=O)N2CCCC2c2cccc(CNC(C)=O)n2)cc1C. The highest BCUT2D eigenvalue weighted by atomic mass is 16.2. The van der Waals surface area contributed by atoms with Gasteiger partial charge in [0.15, 0.2) is 5.69 Å². The highest BCUT2D eigenvalue weighted by molar-refractivity contribution is 5.92. The van der Waals surface area contributed by atoms with Crippen LogP contribution in [0, 0.1) is 6.92 Å². The molecule has 1 atom stereocenters. The normalized spacial score (nSPS) is 16.7. The second-order valence-electron chi connectivity index (χ2n) is 6.61. The molecule has 7 heteroatoms. The number of carbonyl (C=O) groups is 2. The molecule has 0 bridgehead atoms. The molecular weight excluding hydrogens is 330 g/mol. The summed E-state index contributed by atoms with van der Waals surface area (Å²) in [5, 5.41) is 7.18. The van der Waals surface area contributed by atoms with E-state index in [0.717, 1.165) is 36.5 Å². The van der Waals surface area contributed by atoms with E-state index < -0.39 is 0 Å². The number of rotatable bonds is 5. The molecule has 0 radical (unpaired) electrons. The molecule has 2 aromatic heterocycles. The molecular formula is C19H25N5O2. The first-order valence-corrected chi connectivity index (χ1v) is 9.05. The number of aryl methyl sites for hydroxylation is 2. The van der Waals surface area contributed by atoms with E-state index in [1.54, 1.807) is 0 Å². The molecule has 1 N–H and O–H groups in total. The van der Waals surface area contributed by atoms with E-state index in [-0.39, 0.29) is 17.9 Å². The van der Waals surface area contributed by atoms with Gasteiger partial charge in [0.2, 0.25) is 5.91 Å². The monoisotopic (exact) mass is 355 g/mol. The molecule has 0 spiro atoms. The zero-order valence-corrected chi connectivity index (χ0v) is 15.5. The molecule has 138 valence electrons. The highest BCUT2D eigenvalue weighted by Gasteiger charge is 2.32. The van der Waals surface area contributed by atoms with Crippen LogP contribution in [0.25, 0.3) is 0 Å². The molecule has 1 fully saturated rings. The van der Waals surface area contributed by atoms with Gasteiger partial charge in [-0.05, 0) is 44.9 Å². The Bertz CT molecular complexity index is 814. The molecule has 1 aliphatic rings. The smallest absolute Gasteiger partial charge is 0.274 e. The van der Waals surface area contributed by atoms with E-state index in [9.17, 15) is 9.59 Å². The summed E-state index contributed by atoms with van der Waals surface area (Å²) in [5.41, 5.74) is 3.14. The molecule has 2 aromatic rings. The fourth-order valence-corrected chi connectivity index (χ4v) is 3.40. The predicted octanol–water partition coefficient (Wildman–Crippen LogP) is 2.22. The Morgan fingerprint density at radius 1 is 1.35 bits per heavy atom. The van der Waals surface area contributed by atoms with Gasteiger partial charge in [-0.1, -0.05) is 6.07 Å². The lowest BCUT2D eigenvalue weighted by Crippen LogP contribution is -2.31. The summed E-state index contributed by atoms with van der Waals surface area (Å²) in [6, 6.07) is 7.56. The maximum atomic E-state index is 13.0. The van der Waals surface area contributed by atoms with E-state index in [2.05, 4.69) is 15.4 Å². The lowest BCUT2D eigenvalue weighted by atomic mass is 10.1. The van der Waals surface area contributed by atoms with Crippen molar-refractivity contribution in [1.29, 1.82) is 0 Å². The molecule has 0 saturated carbocycles. The zero-order chi connectivity index (χ0) is 18.7. The number of pyridine rings is 1. The lowest BCUT2D eigenvalue weighted by molar-refractivity contribution is -0.119. The number of aromatic nitrogens is 3. The summed E-state index contributed by atoms with van der Waals surface area (Å²) in [6.07, 6.45) is 1.83. The second kappa shape index (κ2) is 7.68. The van der Waals surface area contributed by atoms with Crippen LogP contribution in [-0.2, 0) is 17.9 Å². The van der Waals surface area contributed by atoms with Crippen LogP contribution in [-0.4, -0.2) is 38.0 Å². The minimum absolute atomic E-state index is 0.0446. The molecule has 1 saturated heterocycles. The van der Waals surface area contributed by atoms with Gasteiger partial charge < -0.3 is 10.2 Å². The van der Waals surface area contributed by atoms with Gasteiger partial charge in [-0.25, -0.2) is 0 Å². The van der Waals surface area contributed by atoms with Gasteiger partial charge in [-0.3, -0.25) is 19.3 Å². The van der Waals surface area contributed by atoms with Crippen LogP contribution in [0.1, 0.15) is 60.3 Å². The third-order valence-electron chi connectivity index (χ3n) is 4.70. The van der Waals surface area contributed by atoms with Gasteiger partial charge >= 0.3 is 0 Å². The Labute approximate surface area is 153 Å². The molecule has 26 heavy (non-hydrogen) atoms. The van der Waals surface area contributed by atoms with Gasteiger partial charge in [-0.2, -0.15) is 5.10 Å². The van der Waals surface area contributed by atoms with Crippen LogP contribution < -0.4 is 5.32 Å². The molecule has 3 rings (SSSR count). The number of nitrogens with zero attached hydrogens (tertiary/aromatic N) is 4. The van der Waals surface area contributed by atoms with Crippen molar-refractivity contribution in [3.63, 3.8) is 0 Å². The first-order valence-electron chi connectivity index (χ1n) is 9.05. The Morgan fingerprint density at radius 2 is 2.15 bits per heavy atom. The summed E-state index contributed by atoms with van der Waals surface area (Å²) >= 11 is 0. The van der Waals surface area contributed by atoms with E-state index in [0.29, 0.717) is 18.8 Å². The topological polar surface area (TPSA) is 80.1 Å². The van der Waals surface area contributed by atoms with Crippen LogP contribution in [0.15, 0.2) is 24.3 Å². The Balaban J connectivity index is 1.80. The number of amides is 2. The Kier molecular flexibility index (Phi) is 5.35. The summed E-state index contributed by atoms with van der Waals surface area (Å²) in [7, 11) is 0. The molecule has 0 aromatic carbocycles. The van der Waals surface area contributed by atoms with Gasteiger partial charge in [0, 0.05) is 25.7 Å². The van der Waals surface area contributed by atoms with Crippen molar-refractivity contribution in [1.82, 2.24) is 25.0 Å². The molecule has 3 heterocycles. The fraction of sp³-hybridized carbons (Fsp3) is 0.474. The van der Waals surface area contributed by atoms with Crippen molar-refractivity contribution in [2.45, 2.75) is 52.7 Å². The van der Waals surface area contributed by atoms with Gasteiger partial charge in [0.25, 0.3) is 5.91 Å². The van der Waals surface area contributed by atoms with Crippen molar-refractivity contribution in [3.8, 4) is 0 Å². The van der Waals surface area contributed by atoms with Gasteiger partial charge in [-0.15, -0.1) is 0 Å². The largest absolute Gasteiger partial charge is 0.351 e. The van der Waals surface area contributed by atoms with Gasteiger partial charge in [0.05, 0.1) is 24.0 Å². The maximum Gasteiger partial charge on any atom is 0.274 e. The standard InChI is InChI=1S/C19H25N5O2/c1-4-24-13(2)11-17(22-24)19(26)23-10-6-9-18(23)16-8-5-7-15(21-16)12-20-14(3)25/h5,7-8,11,18H,4,6,9-10,12H2,1-3H3,(H,20,25). The third-order valence-corrected chi connectivity index (χ3v) is 4.70. The summed E-state index contributed by atoms with van der Waals surface area (Å²) in [5.74, 6) is -0.131. The van der Waals surface area contributed by atoms with E-state index in [4.69, 9.17) is 0 Å². The van der Waals surface area contributed by atoms with Crippen molar-refractivity contribution in [3.05, 3.63) is 47.0 Å². The molecule has 1 aliphatic heterocycles. The Hall–Kier alpha value is -2.70. The summed E-state index contributed by atoms with van der Waals surface area (Å²) in [6.45, 7) is 7.30. The molecule has 2 amide bonds. The van der Waals surface area contributed by atoms with Crippen molar-refractivity contribution < 1.29 is 9.59 Å². The van der Waals surface area contributed by atoms with Crippen molar-refractivity contribution in [2.24, 2.45) is 0 Å². The third kappa shape index (κ3) is 3.76. The minimum atomic E-state index is -0.0863. The maximum absolute atomic E-state index is 13.0. The molecule has 1 unspecified atom stereocenters. The Morgan fingerprint density at radius 3 is 2.85 bits per heavy atom. The van der Waals surface area contributed by atoms with Crippen LogP contribution in [0.4, 0.5) is 0 Å². The lowest BCUT2D eigenvalue weighted by Gasteiger charge is -2.24.